The van der Waals surface area contributed by atoms with Crippen LogP contribution in [0.1, 0.15) is 10.4 Å². The molecule has 2 aliphatic heterocycles. The largest absolute Gasteiger partial charge is 0.482 e. The van der Waals surface area contributed by atoms with Gasteiger partial charge in [-0.05, 0) is 18.2 Å². The van der Waals surface area contributed by atoms with E-state index in [1.54, 1.807) is 36.8 Å². The van der Waals surface area contributed by atoms with E-state index in [0.717, 1.165) is 5.82 Å². The van der Waals surface area contributed by atoms with Crippen LogP contribution in [-0.2, 0) is 4.79 Å². The Morgan fingerprint density at radius 2 is 2.00 bits per heavy atom. The van der Waals surface area contributed by atoms with Crippen LogP contribution in [0.25, 0.3) is 0 Å². The zero-order valence-corrected chi connectivity index (χ0v) is 13.5. The van der Waals surface area contributed by atoms with Crippen LogP contribution in [0.5, 0.6) is 5.75 Å². The lowest BCUT2D eigenvalue weighted by Crippen LogP contribution is -2.49. The molecule has 128 valence electrons. The molecule has 8 nitrogen and oxygen atoms in total. The van der Waals surface area contributed by atoms with Crippen molar-refractivity contribution in [1.82, 2.24) is 14.9 Å². The van der Waals surface area contributed by atoms with Crippen molar-refractivity contribution < 1.29 is 14.3 Å². The highest BCUT2D eigenvalue weighted by Gasteiger charge is 2.24. The molecule has 1 N–H and O–H groups in total. The summed E-state index contributed by atoms with van der Waals surface area (Å²) in [6.45, 7) is 2.62. The molecule has 2 aliphatic rings. The summed E-state index contributed by atoms with van der Waals surface area (Å²) in [4.78, 5) is 36.3. The van der Waals surface area contributed by atoms with Gasteiger partial charge in [-0.2, -0.15) is 0 Å². The first kappa shape index (κ1) is 15.4. The molecular formula is C17H17N5O3. The predicted octanol–water partition coefficient (Wildman–Crippen LogP) is 0.770. The quantitative estimate of drug-likeness (QED) is 0.870. The Balaban J connectivity index is 1.43. The normalized spacial score (nSPS) is 16.7. The van der Waals surface area contributed by atoms with Crippen molar-refractivity contribution in [3.05, 3.63) is 42.4 Å². The number of aromatic nitrogens is 2. The minimum Gasteiger partial charge on any atom is -0.482 e. The molecule has 0 bridgehead atoms. The van der Waals surface area contributed by atoms with Gasteiger partial charge in [-0.1, -0.05) is 0 Å². The highest BCUT2D eigenvalue weighted by atomic mass is 16.5. The first-order chi connectivity index (χ1) is 12.2. The molecule has 1 aromatic carbocycles. The summed E-state index contributed by atoms with van der Waals surface area (Å²) < 4.78 is 5.38. The van der Waals surface area contributed by atoms with Crippen LogP contribution < -0.4 is 15.0 Å². The van der Waals surface area contributed by atoms with Gasteiger partial charge in [-0.3, -0.25) is 14.6 Å². The summed E-state index contributed by atoms with van der Waals surface area (Å²) >= 11 is 0. The Kier molecular flexibility index (Phi) is 3.93. The van der Waals surface area contributed by atoms with Crippen LogP contribution in [-0.4, -0.2) is 59.5 Å². The molecule has 0 atom stereocenters. The molecule has 2 aromatic rings. The molecule has 0 aliphatic carbocycles. The Morgan fingerprint density at radius 1 is 1.16 bits per heavy atom. The number of piperazine rings is 1. The van der Waals surface area contributed by atoms with Gasteiger partial charge >= 0.3 is 0 Å². The number of fused-ring (bicyclic) bond motifs is 1. The summed E-state index contributed by atoms with van der Waals surface area (Å²) in [5.74, 6) is 1.13. The Hall–Kier alpha value is -3.16. The van der Waals surface area contributed by atoms with Gasteiger partial charge in [0.25, 0.3) is 11.8 Å². The van der Waals surface area contributed by atoms with Gasteiger partial charge in [0, 0.05) is 44.1 Å². The molecule has 1 fully saturated rings. The lowest BCUT2D eigenvalue weighted by atomic mass is 10.1. The van der Waals surface area contributed by atoms with Crippen LogP contribution in [0.3, 0.4) is 0 Å². The first-order valence-electron chi connectivity index (χ1n) is 8.07. The van der Waals surface area contributed by atoms with Gasteiger partial charge in [-0.15, -0.1) is 0 Å². The highest BCUT2D eigenvalue weighted by molar-refractivity contribution is 5.99. The van der Waals surface area contributed by atoms with Crippen LogP contribution in [0, 0.1) is 0 Å². The SMILES string of the molecule is O=C1COc2cc(C(=O)N3CCN(c4cnccn4)CC3)ccc2N1. The van der Waals surface area contributed by atoms with Gasteiger partial charge in [0.2, 0.25) is 0 Å². The van der Waals surface area contributed by atoms with E-state index in [1.807, 2.05) is 4.90 Å². The average molecular weight is 339 g/mol. The molecule has 1 saturated heterocycles. The molecule has 0 spiro atoms. The summed E-state index contributed by atoms with van der Waals surface area (Å²) in [7, 11) is 0. The molecule has 25 heavy (non-hydrogen) atoms. The zero-order valence-electron chi connectivity index (χ0n) is 13.5. The van der Waals surface area contributed by atoms with Crippen molar-refractivity contribution in [3.63, 3.8) is 0 Å². The minimum absolute atomic E-state index is 0.0264. The van der Waals surface area contributed by atoms with Gasteiger partial charge in [0.15, 0.2) is 6.61 Å². The van der Waals surface area contributed by atoms with Crippen LogP contribution in [0.2, 0.25) is 0 Å². The fourth-order valence-electron chi connectivity index (χ4n) is 2.98. The maximum absolute atomic E-state index is 12.7. The Labute approximate surface area is 144 Å². The van der Waals surface area contributed by atoms with E-state index in [0.29, 0.717) is 43.2 Å². The third-order valence-corrected chi connectivity index (χ3v) is 4.30. The summed E-state index contributed by atoms with van der Waals surface area (Å²) in [5, 5.41) is 2.72. The number of hydrogen-bond donors (Lipinski definition) is 1. The third kappa shape index (κ3) is 3.10. The number of ether oxygens (including phenoxy) is 1. The van der Waals surface area contributed by atoms with Crippen molar-refractivity contribution >= 4 is 23.3 Å². The second kappa shape index (κ2) is 6.39. The number of hydrogen-bond acceptors (Lipinski definition) is 6. The topological polar surface area (TPSA) is 87.7 Å². The van der Waals surface area contributed by atoms with E-state index in [2.05, 4.69) is 20.2 Å². The molecule has 0 radical (unpaired) electrons. The van der Waals surface area contributed by atoms with Crippen LogP contribution in [0.15, 0.2) is 36.8 Å². The first-order valence-corrected chi connectivity index (χ1v) is 8.07. The number of carbonyl (C=O) groups is 2. The molecule has 0 saturated carbocycles. The van der Waals surface area contributed by atoms with Gasteiger partial charge in [0.1, 0.15) is 11.6 Å². The zero-order chi connectivity index (χ0) is 17.2. The summed E-state index contributed by atoms with van der Waals surface area (Å²) in [5.41, 5.74) is 1.16. The number of amides is 2. The summed E-state index contributed by atoms with van der Waals surface area (Å²) in [6.07, 6.45) is 5.04. The van der Waals surface area contributed by atoms with Crippen molar-refractivity contribution in [2.45, 2.75) is 0 Å². The van der Waals surface area contributed by atoms with E-state index < -0.39 is 0 Å². The maximum Gasteiger partial charge on any atom is 0.262 e. The van der Waals surface area contributed by atoms with Crippen molar-refractivity contribution in [1.29, 1.82) is 0 Å². The minimum atomic E-state index is -0.188. The van der Waals surface area contributed by atoms with Crippen LogP contribution in [0.4, 0.5) is 11.5 Å². The van der Waals surface area contributed by atoms with Crippen molar-refractivity contribution in [2.24, 2.45) is 0 Å². The Morgan fingerprint density at radius 3 is 2.76 bits per heavy atom. The number of benzene rings is 1. The molecule has 2 amide bonds. The lowest BCUT2D eigenvalue weighted by Gasteiger charge is -2.35. The fraction of sp³-hybridized carbons (Fsp3) is 0.294. The molecule has 4 rings (SSSR count). The molecule has 1 aromatic heterocycles. The van der Waals surface area contributed by atoms with E-state index in [1.165, 1.54) is 0 Å². The summed E-state index contributed by atoms with van der Waals surface area (Å²) in [6, 6.07) is 5.10. The number of nitrogens with zero attached hydrogens (tertiary/aromatic N) is 4. The van der Waals surface area contributed by atoms with E-state index in [-0.39, 0.29) is 18.4 Å². The number of nitrogens with one attached hydrogen (secondary N) is 1. The number of rotatable bonds is 2. The molecular weight excluding hydrogens is 322 g/mol. The second-order valence-corrected chi connectivity index (χ2v) is 5.89. The van der Waals surface area contributed by atoms with Crippen LogP contribution >= 0.6 is 0 Å². The van der Waals surface area contributed by atoms with E-state index in [4.69, 9.17) is 4.74 Å². The van der Waals surface area contributed by atoms with Crippen molar-refractivity contribution in [2.75, 3.05) is 43.0 Å². The predicted molar refractivity (Wildman–Crippen MR) is 90.7 cm³/mol. The average Bonchev–Trinajstić information content (AvgIpc) is 2.68. The standard InChI is InChI=1S/C17H17N5O3/c23-16-11-25-14-9-12(1-2-13(14)20-16)17(24)22-7-5-21(6-8-22)15-10-18-3-4-19-15/h1-4,9-10H,5-8,11H2,(H,20,23). The number of anilines is 2. The van der Waals surface area contributed by atoms with E-state index in [9.17, 15) is 9.59 Å². The third-order valence-electron chi connectivity index (χ3n) is 4.30. The molecule has 3 heterocycles. The molecule has 8 heteroatoms. The van der Waals surface area contributed by atoms with Gasteiger partial charge < -0.3 is 19.9 Å². The van der Waals surface area contributed by atoms with E-state index >= 15 is 0 Å². The fourth-order valence-corrected chi connectivity index (χ4v) is 2.98. The Bertz CT molecular complexity index is 803. The van der Waals surface area contributed by atoms with Crippen molar-refractivity contribution in [3.8, 4) is 5.75 Å². The lowest BCUT2D eigenvalue weighted by molar-refractivity contribution is -0.118. The maximum atomic E-state index is 12.7. The van der Waals surface area contributed by atoms with Gasteiger partial charge in [0.05, 0.1) is 11.9 Å². The number of carbonyl (C=O) groups excluding carboxylic acids is 2. The van der Waals surface area contributed by atoms with Gasteiger partial charge in [-0.25, -0.2) is 4.98 Å². The smallest absolute Gasteiger partial charge is 0.262 e. The second-order valence-electron chi connectivity index (χ2n) is 5.89. The molecule has 0 unspecified atom stereocenters. The monoisotopic (exact) mass is 339 g/mol. The highest BCUT2D eigenvalue weighted by Crippen LogP contribution is 2.29.